The van der Waals surface area contributed by atoms with Crippen molar-refractivity contribution in [2.45, 2.75) is 13.0 Å². The number of pyridine rings is 1. The summed E-state index contributed by atoms with van der Waals surface area (Å²) in [6, 6.07) is 18.3. The molecule has 0 saturated heterocycles. The van der Waals surface area contributed by atoms with Gasteiger partial charge in [-0.25, -0.2) is 4.98 Å². The van der Waals surface area contributed by atoms with E-state index in [9.17, 15) is 4.79 Å². The van der Waals surface area contributed by atoms with Crippen LogP contribution < -0.4 is 5.32 Å². The first-order valence-electron chi connectivity index (χ1n) is 9.74. The number of hydrogen-bond acceptors (Lipinski definition) is 4. The Hall–Kier alpha value is -2.47. The van der Waals surface area contributed by atoms with E-state index in [-0.39, 0.29) is 5.91 Å². The zero-order chi connectivity index (χ0) is 19.8. The molecule has 4 aromatic rings. The smallest absolute Gasteiger partial charge is 0.261 e. The molecule has 0 spiro atoms. The summed E-state index contributed by atoms with van der Waals surface area (Å²) in [5.74, 6) is -0.0521. The molecule has 1 amide bonds. The summed E-state index contributed by atoms with van der Waals surface area (Å²) in [5.41, 5.74) is 3.68. The van der Waals surface area contributed by atoms with Gasteiger partial charge in [-0.3, -0.25) is 9.69 Å². The lowest BCUT2D eigenvalue weighted by Crippen LogP contribution is -2.37. The number of nitrogens with one attached hydrogen (secondary N) is 1. The van der Waals surface area contributed by atoms with E-state index in [0.29, 0.717) is 16.6 Å². The average molecular weight is 422 g/mol. The largest absolute Gasteiger partial charge is 0.350 e. The molecule has 1 aliphatic rings. The molecule has 2 aromatic carbocycles. The summed E-state index contributed by atoms with van der Waals surface area (Å²) in [7, 11) is 0. The van der Waals surface area contributed by atoms with E-state index < -0.39 is 0 Å². The van der Waals surface area contributed by atoms with Crippen molar-refractivity contribution in [3.63, 3.8) is 0 Å². The van der Waals surface area contributed by atoms with Gasteiger partial charge in [0.2, 0.25) is 0 Å². The molecule has 0 atom stereocenters. The quantitative estimate of drug-likeness (QED) is 0.477. The molecule has 4 nitrogen and oxygen atoms in total. The Balaban J connectivity index is 1.27. The van der Waals surface area contributed by atoms with Gasteiger partial charge in [0, 0.05) is 41.7 Å². The molecule has 3 heterocycles. The number of carbonyl (C=O) groups is 1. The SMILES string of the molecule is O=C(NCCN1CCc2ccccc2C1)c1cc2c(Cl)nc3ccccc3c2s1. The topological polar surface area (TPSA) is 45.2 Å². The predicted octanol–water partition coefficient (Wildman–Crippen LogP) is 4.89. The minimum Gasteiger partial charge on any atom is -0.350 e. The number of halogens is 1. The zero-order valence-electron chi connectivity index (χ0n) is 15.8. The molecule has 1 N–H and O–H groups in total. The fourth-order valence-corrected chi connectivity index (χ4v) is 5.35. The Morgan fingerprint density at radius 3 is 2.79 bits per heavy atom. The van der Waals surface area contributed by atoms with Crippen LogP contribution in [0, 0.1) is 0 Å². The van der Waals surface area contributed by atoms with E-state index in [0.717, 1.165) is 47.0 Å². The second-order valence-corrected chi connectivity index (χ2v) is 8.73. The summed E-state index contributed by atoms with van der Waals surface area (Å²) < 4.78 is 1.01. The molecule has 0 aliphatic carbocycles. The van der Waals surface area contributed by atoms with Crippen LogP contribution in [-0.2, 0) is 13.0 Å². The molecule has 146 valence electrons. The molecule has 0 radical (unpaired) electrons. The Bertz CT molecular complexity index is 1220. The highest BCUT2D eigenvalue weighted by molar-refractivity contribution is 7.21. The maximum absolute atomic E-state index is 12.7. The Morgan fingerprint density at radius 2 is 1.90 bits per heavy atom. The molecule has 1 aliphatic heterocycles. The molecular formula is C23H20ClN3OS. The molecule has 6 heteroatoms. The highest BCUT2D eigenvalue weighted by Crippen LogP contribution is 2.35. The highest BCUT2D eigenvalue weighted by Gasteiger charge is 2.17. The Kier molecular flexibility index (Phi) is 4.96. The maximum Gasteiger partial charge on any atom is 0.261 e. The predicted molar refractivity (Wildman–Crippen MR) is 120 cm³/mol. The van der Waals surface area contributed by atoms with Crippen molar-refractivity contribution in [2.75, 3.05) is 19.6 Å². The third-order valence-electron chi connectivity index (χ3n) is 5.47. The van der Waals surface area contributed by atoms with Gasteiger partial charge in [-0.1, -0.05) is 54.1 Å². The van der Waals surface area contributed by atoms with Gasteiger partial charge < -0.3 is 5.32 Å². The van der Waals surface area contributed by atoms with Crippen molar-refractivity contribution in [3.8, 4) is 0 Å². The molecule has 5 rings (SSSR count). The van der Waals surface area contributed by atoms with Gasteiger partial charge in [0.05, 0.1) is 10.4 Å². The van der Waals surface area contributed by atoms with Crippen molar-refractivity contribution in [1.82, 2.24) is 15.2 Å². The van der Waals surface area contributed by atoms with Crippen LogP contribution in [0.2, 0.25) is 5.15 Å². The summed E-state index contributed by atoms with van der Waals surface area (Å²) in [6.07, 6.45) is 1.07. The number of fused-ring (bicyclic) bond motifs is 4. The number of thiophene rings is 1. The monoisotopic (exact) mass is 421 g/mol. The van der Waals surface area contributed by atoms with Crippen LogP contribution in [0.4, 0.5) is 0 Å². The number of carbonyl (C=O) groups excluding carboxylic acids is 1. The first kappa shape index (κ1) is 18.6. The second kappa shape index (κ2) is 7.75. The molecule has 0 fully saturated rings. The van der Waals surface area contributed by atoms with Gasteiger partial charge in [-0.2, -0.15) is 0 Å². The van der Waals surface area contributed by atoms with Gasteiger partial charge in [0.1, 0.15) is 5.15 Å². The summed E-state index contributed by atoms with van der Waals surface area (Å²) in [5, 5.41) is 5.38. The summed E-state index contributed by atoms with van der Waals surface area (Å²) in [6.45, 7) is 3.45. The van der Waals surface area contributed by atoms with Gasteiger partial charge in [-0.05, 0) is 29.7 Å². The van der Waals surface area contributed by atoms with Crippen LogP contribution in [0.1, 0.15) is 20.8 Å². The normalized spacial score (nSPS) is 14.2. The molecular weight excluding hydrogens is 402 g/mol. The highest BCUT2D eigenvalue weighted by atomic mass is 35.5. The van der Waals surface area contributed by atoms with Gasteiger partial charge in [0.25, 0.3) is 5.91 Å². The van der Waals surface area contributed by atoms with Crippen molar-refractivity contribution in [1.29, 1.82) is 0 Å². The number of hydrogen-bond donors (Lipinski definition) is 1. The number of nitrogens with zero attached hydrogens (tertiary/aromatic N) is 2. The number of aromatic nitrogens is 1. The Labute approximate surface area is 178 Å². The Morgan fingerprint density at radius 1 is 1.10 bits per heavy atom. The van der Waals surface area contributed by atoms with E-state index in [2.05, 4.69) is 39.5 Å². The van der Waals surface area contributed by atoms with Crippen molar-refractivity contribution in [3.05, 3.63) is 75.8 Å². The summed E-state index contributed by atoms with van der Waals surface area (Å²) in [4.78, 5) is 20.2. The molecule has 0 unspecified atom stereocenters. The van der Waals surface area contributed by atoms with Gasteiger partial charge >= 0.3 is 0 Å². The van der Waals surface area contributed by atoms with Gasteiger partial charge in [0.15, 0.2) is 0 Å². The lowest BCUT2D eigenvalue weighted by molar-refractivity contribution is 0.0951. The second-order valence-electron chi connectivity index (χ2n) is 7.32. The lowest BCUT2D eigenvalue weighted by Gasteiger charge is -2.28. The maximum atomic E-state index is 12.7. The van der Waals surface area contributed by atoms with E-state index in [1.807, 2.05) is 30.3 Å². The fraction of sp³-hybridized carbons (Fsp3) is 0.217. The minimum atomic E-state index is -0.0521. The van der Waals surface area contributed by atoms with E-state index in [1.165, 1.54) is 22.5 Å². The summed E-state index contributed by atoms with van der Waals surface area (Å²) >= 11 is 7.83. The zero-order valence-corrected chi connectivity index (χ0v) is 17.4. The van der Waals surface area contributed by atoms with Crippen LogP contribution in [-0.4, -0.2) is 35.4 Å². The third-order valence-corrected chi connectivity index (χ3v) is 6.92. The lowest BCUT2D eigenvalue weighted by atomic mass is 10.00. The first-order chi connectivity index (χ1) is 14.2. The van der Waals surface area contributed by atoms with Crippen LogP contribution in [0.25, 0.3) is 21.0 Å². The van der Waals surface area contributed by atoms with Gasteiger partial charge in [-0.15, -0.1) is 11.3 Å². The molecule has 0 saturated carbocycles. The van der Waals surface area contributed by atoms with Crippen molar-refractivity contribution < 1.29 is 4.79 Å². The number of rotatable bonds is 4. The number of para-hydroxylation sites is 1. The van der Waals surface area contributed by atoms with Crippen LogP contribution in [0.5, 0.6) is 0 Å². The number of benzene rings is 2. The van der Waals surface area contributed by atoms with E-state index >= 15 is 0 Å². The fourth-order valence-electron chi connectivity index (χ4n) is 3.95. The first-order valence-corrected chi connectivity index (χ1v) is 10.9. The molecule has 0 bridgehead atoms. The molecule has 29 heavy (non-hydrogen) atoms. The average Bonchev–Trinajstić information content (AvgIpc) is 3.20. The minimum absolute atomic E-state index is 0.0521. The van der Waals surface area contributed by atoms with E-state index in [4.69, 9.17) is 11.6 Å². The van der Waals surface area contributed by atoms with E-state index in [1.54, 1.807) is 0 Å². The third kappa shape index (κ3) is 3.62. The van der Waals surface area contributed by atoms with Crippen LogP contribution >= 0.6 is 22.9 Å². The number of amides is 1. The van der Waals surface area contributed by atoms with Crippen molar-refractivity contribution in [2.24, 2.45) is 0 Å². The van der Waals surface area contributed by atoms with Crippen LogP contribution in [0.3, 0.4) is 0 Å². The van der Waals surface area contributed by atoms with Crippen molar-refractivity contribution >= 4 is 49.8 Å². The molecule has 2 aromatic heterocycles. The standard InChI is InChI=1S/C23H20ClN3OS/c24-22-18-13-20(29-21(18)17-7-3-4-8-19(17)26-22)23(28)25-10-12-27-11-9-15-5-1-2-6-16(15)14-27/h1-8,13H,9-12,14H2,(H,25,28). The van der Waals surface area contributed by atoms with Crippen LogP contribution in [0.15, 0.2) is 54.6 Å².